The molecule has 1 fully saturated rings. The van der Waals surface area contributed by atoms with Gasteiger partial charge in [0.05, 0.1) is 13.7 Å². The topological polar surface area (TPSA) is 76.7 Å². The van der Waals surface area contributed by atoms with E-state index in [9.17, 15) is 9.59 Å². The van der Waals surface area contributed by atoms with Gasteiger partial charge in [0.25, 0.3) is 0 Å². The number of amides is 1. The molecule has 0 spiro atoms. The highest BCUT2D eigenvalue weighted by Crippen LogP contribution is 2.24. The number of methoxy groups -OCH3 is 2. The third-order valence-electron chi connectivity index (χ3n) is 4.18. The molecule has 0 aromatic heterocycles. The number of hydrogen-bond acceptors (Lipinski definition) is 5. The molecule has 22 heavy (non-hydrogen) atoms. The molecule has 1 rings (SSSR count). The fraction of sp³-hybridized carbons (Fsp3) is 0.867. The van der Waals surface area contributed by atoms with Crippen molar-refractivity contribution in [2.75, 3.05) is 33.9 Å². The smallest absolute Gasteiger partial charge is 0.333 e. The molecule has 1 aliphatic heterocycles. The van der Waals surface area contributed by atoms with Crippen LogP contribution in [0.4, 0.5) is 0 Å². The third kappa shape index (κ3) is 6.10. The molecule has 1 aliphatic rings. The van der Waals surface area contributed by atoms with E-state index in [-0.39, 0.29) is 24.9 Å². The lowest BCUT2D eigenvalue weighted by Crippen LogP contribution is -2.56. The van der Waals surface area contributed by atoms with E-state index in [0.717, 1.165) is 25.9 Å². The number of ether oxygens (including phenoxy) is 2. The number of piperidine rings is 1. The third-order valence-corrected chi connectivity index (χ3v) is 4.18. The van der Waals surface area contributed by atoms with Gasteiger partial charge in [-0.2, -0.15) is 0 Å². The Morgan fingerprint density at radius 2 is 1.91 bits per heavy atom. The Bertz CT molecular complexity index is 361. The second-order valence-electron chi connectivity index (χ2n) is 6.07. The van der Waals surface area contributed by atoms with Crippen LogP contribution in [-0.4, -0.2) is 51.3 Å². The predicted molar refractivity (Wildman–Crippen MR) is 87.1 cm³/mol. The number of carbonyl (C=O) groups is 2. The minimum atomic E-state index is -1.13. The minimum absolute atomic E-state index is 0. The maximum absolute atomic E-state index is 12.2. The minimum Gasteiger partial charge on any atom is -0.467 e. The summed E-state index contributed by atoms with van der Waals surface area (Å²) in [6.45, 7) is 5.84. The fourth-order valence-electron chi connectivity index (χ4n) is 2.89. The first-order valence-corrected chi connectivity index (χ1v) is 7.52. The maximum Gasteiger partial charge on any atom is 0.333 e. The Hall–Kier alpha value is -0.850. The molecule has 1 amide bonds. The second-order valence-corrected chi connectivity index (χ2v) is 6.07. The Morgan fingerprint density at radius 1 is 1.32 bits per heavy atom. The molecule has 0 aromatic rings. The lowest BCUT2D eigenvalue weighted by molar-refractivity contribution is -0.152. The summed E-state index contributed by atoms with van der Waals surface area (Å²) in [5.41, 5.74) is -1.13. The number of hydrogen-bond donors (Lipinski definition) is 2. The highest BCUT2D eigenvalue weighted by molar-refractivity contribution is 5.87. The summed E-state index contributed by atoms with van der Waals surface area (Å²) < 4.78 is 9.78. The number of esters is 1. The van der Waals surface area contributed by atoms with Crippen LogP contribution in [0.2, 0.25) is 0 Å². The predicted octanol–water partition coefficient (Wildman–Crippen LogP) is 1.13. The summed E-state index contributed by atoms with van der Waals surface area (Å²) in [5, 5.41) is 6.08. The molecule has 2 N–H and O–H groups in total. The van der Waals surface area contributed by atoms with Crippen LogP contribution in [0.5, 0.6) is 0 Å². The van der Waals surface area contributed by atoms with Crippen LogP contribution >= 0.6 is 12.4 Å². The van der Waals surface area contributed by atoms with Gasteiger partial charge in [0.15, 0.2) is 5.54 Å². The highest BCUT2D eigenvalue weighted by Gasteiger charge is 2.36. The van der Waals surface area contributed by atoms with Gasteiger partial charge in [-0.3, -0.25) is 4.79 Å². The van der Waals surface area contributed by atoms with Gasteiger partial charge in [0.1, 0.15) is 0 Å². The van der Waals surface area contributed by atoms with Crippen molar-refractivity contribution >= 4 is 24.3 Å². The van der Waals surface area contributed by atoms with Crippen molar-refractivity contribution in [1.82, 2.24) is 10.6 Å². The van der Waals surface area contributed by atoms with Gasteiger partial charge in [-0.1, -0.05) is 6.92 Å². The van der Waals surface area contributed by atoms with E-state index < -0.39 is 11.5 Å². The van der Waals surface area contributed by atoms with Crippen LogP contribution in [0, 0.1) is 11.8 Å². The monoisotopic (exact) mass is 336 g/mol. The molecule has 0 radical (unpaired) electrons. The molecule has 6 nitrogen and oxygen atoms in total. The van der Waals surface area contributed by atoms with Gasteiger partial charge >= 0.3 is 5.97 Å². The van der Waals surface area contributed by atoms with Gasteiger partial charge in [0, 0.05) is 13.5 Å². The van der Waals surface area contributed by atoms with E-state index >= 15 is 0 Å². The van der Waals surface area contributed by atoms with Crippen LogP contribution in [0.3, 0.4) is 0 Å². The van der Waals surface area contributed by atoms with Crippen LogP contribution < -0.4 is 10.6 Å². The first-order chi connectivity index (χ1) is 9.92. The SMILES string of the molecule is COCC(C)(NC(=O)CC(C)C1CCNCC1)C(=O)OC.Cl. The number of halogens is 1. The molecule has 130 valence electrons. The molecule has 1 heterocycles. The Labute approximate surface area is 139 Å². The van der Waals surface area contributed by atoms with Gasteiger partial charge in [0.2, 0.25) is 5.91 Å². The first-order valence-electron chi connectivity index (χ1n) is 7.52. The normalized spacial score (nSPS) is 19.5. The summed E-state index contributed by atoms with van der Waals surface area (Å²) in [6.07, 6.45) is 2.61. The summed E-state index contributed by atoms with van der Waals surface area (Å²) in [4.78, 5) is 24.0. The van der Waals surface area contributed by atoms with Gasteiger partial charge < -0.3 is 20.1 Å². The largest absolute Gasteiger partial charge is 0.467 e. The molecule has 0 aromatic carbocycles. The van der Waals surface area contributed by atoms with Crippen molar-refractivity contribution in [3.63, 3.8) is 0 Å². The van der Waals surface area contributed by atoms with Crippen LogP contribution in [0.15, 0.2) is 0 Å². The fourth-order valence-corrected chi connectivity index (χ4v) is 2.89. The van der Waals surface area contributed by atoms with E-state index in [2.05, 4.69) is 17.6 Å². The van der Waals surface area contributed by atoms with Crippen molar-refractivity contribution < 1.29 is 19.1 Å². The maximum atomic E-state index is 12.2. The van der Waals surface area contributed by atoms with E-state index in [4.69, 9.17) is 9.47 Å². The summed E-state index contributed by atoms with van der Waals surface area (Å²) in [6, 6.07) is 0. The second kappa shape index (κ2) is 10.0. The van der Waals surface area contributed by atoms with Crippen molar-refractivity contribution in [2.24, 2.45) is 11.8 Å². The lowest BCUT2D eigenvalue weighted by atomic mass is 9.84. The zero-order valence-electron chi connectivity index (χ0n) is 13.9. The first kappa shape index (κ1) is 21.1. The Kier molecular flexibility index (Phi) is 9.64. The molecular weight excluding hydrogens is 308 g/mol. The van der Waals surface area contributed by atoms with Crippen molar-refractivity contribution in [1.29, 1.82) is 0 Å². The number of rotatable bonds is 7. The molecule has 0 aliphatic carbocycles. The van der Waals surface area contributed by atoms with Gasteiger partial charge in [-0.15, -0.1) is 12.4 Å². The standard InChI is InChI=1S/C15H28N2O4.ClH/c1-11(12-5-7-16-8-6-12)9-13(18)17-15(2,10-20-3)14(19)21-4;/h11-12,16H,5-10H2,1-4H3,(H,17,18);1H. The van der Waals surface area contributed by atoms with Crippen LogP contribution in [-0.2, 0) is 19.1 Å². The van der Waals surface area contributed by atoms with Gasteiger partial charge in [-0.25, -0.2) is 4.79 Å². The number of nitrogens with one attached hydrogen (secondary N) is 2. The summed E-state index contributed by atoms with van der Waals surface area (Å²) in [5.74, 6) is 0.235. The molecule has 2 unspecified atom stereocenters. The zero-order valence-corrected chi connectivity index (χ0v) is 14.8. The van der Waals surface area contributed by atoms with Crippen molar-refractivity contribution in [2.45, 2.75) is 38.6 Å². The average molecular weight is 337 g/mol. The summed E-state index contributed by atoms with van der Waals surface area (Å²) in [7, 11) is 2.80. The number of carbonyl (C=O) groups excluding carboxylic acids is 2. The Balaban J connectivity index is 0.00000441. The molecule has 0 bridgehead atoms. The highest BCUT2D eigenvalue weighted by atomic mass is 35.5. The van der Waals surface area contributed by atoms with E-state index in [1.807, 2.05) is 0 Å². The average Bonchev–Trinajstić information content (AvgIpc) is 2.47. The van der Waals surface area contributed by atoms with Crippen molar-refractivity contribution in [3.05, 3.63) is 0 Å². The Morgan fingerprint density at radius 3 is 2.41 bits per heavy atom. The van der Waals surface area contributed by atoms with E-state index in [1.165, 1.54) is 14.2 Å². The molecular formula is C15H29ClN2O4. The van der Waals surface area contributed by atoms with E-state index in [1.54, 1.807) is 6.92 Å². The lowest BCUT2D eigenvalue weighted by Gasteiger charge is -2.30. The zero-order chi connectivity index (χ0) is 15.9. The van der Waals surface area contributed by atoms with E-state index in [0.29, 0.717) is 18.3 Å². The van der Waals surface area contributed by atoms with Crippen LogP contribution in [0.1, 0.15) is 33.1 Å². The quantitative estimate of drug-likeness (QED) is 0.681. The molecule has 0 saturated carbocycles. The van der Waals surface area contributed by atoms with Crippen LogP contribution in [0.25, 0.3) is 0 Å². The molecule has 7 heteroatoms. The van der Waals surface area contributed by atoms with Crippen molar-refractivity contribution in [3.8, 4) is 0 Å². The molecule has 1 saturated heterocycles. The van der Waals surface area contributed by atoms with Gasteiger partial charge in [-0.05, 0) is 44.7 Å². The summed E-state index contributed by atoms with van der Waals surface area (Å²) >= 11 is 0. The molecule has 2 atom stereocenters.